The number of pyridine rings is 1. The maximum absolute atomic E-state index is 12.8. The molecule has 2 aromatic carbocycles. The van der Waals surface area contributed by atoms with Crippen LogP contribution in [0.4, 0.5) is 0 Å². The average molecular weight is 454 g/mol. The molecule has 0 aliphatic carbocycles. The topological polar surface area (TPSA) is 97.4 Å². The van der Waals surface area contributed by atoms with Gasteiger partial charge in [-0.05, 0) is 44.0 Å². The maximum atomic E-state index is 12.8. The summed E-state index contributed by atoms with van der Waals surface area (Å²) in [4.78, 5) is 17.3. The van der Waals surface area contributed by atoms with Crippen LogP contribution in [0.25, 0.3) is 0 Å². The minimum atomic E-state index is -3.78. The van der Waals surface area contributed by atoms with Crippen molar-refractivity contribution in [3.05, 3.63) is 88.2 Å². The van der Waals surface area contributed by atoms with Gasteiger partial charge in [0.25, 0.3) is 5.91 Å². The number of amides is 1. The quantitative estimate of drug-likeness (QED) is 0.545. The van der Waals surface area contributed by atoms with Crippen LogP contribution in [0, 0.1) is 20.8 Å². The van der Waals surface area contributed by atoms with E-state index in [-0.39, 0.29) is 23.9 Å². The number of carbonyl (C=O) groups is 1. The van der Waals surface area contributed by atoms with Crippen LogP contribution < -0.4 is 14.8 Å². The van der Waals surface area contributed by atoms with Gasteiger partial charge in [0.05, 0.1) is 24.2 Å². The van der Waals surface area contributed by atoms with E-state index in [1.165, 1.54) is 12.1 Å². The van der Waals surface area contributed by atoms with Gasteiger partial charge in [-0.2, -0.15) is 0 Å². The molecular formula is C24H27N3O4S. The molecule has 1 amide bonds. The van der Waals surface area contributed by atoms with Gasteiger partial charge >= 0.3 is 0 Å². The molecule has 0 spiro atoms. The smallest absolute Gasteiger partial charge is 0.251 e. The first kappa shape index (κ1) is 23.4. The van der Waals surface area contributed by atoms with E-state index in [1.807, 2.05) is 44.2 Å². The summed E-state index contributed by atoms with van der Waals surface area (Å²) in [6.07, 6.45) is 1.70. The largest absolute Gasteiger partial charge is 0.496 e. The van der Waals surface area contributed by atoms with Gasteiger partial charge in [-0.1, -0.05) is 36.4 Å². The highest BCUT2D eigenvalue weighted by Gasteiger charge is 2.18. The SMILES string of the molecule is COc1c(C)cnc(CNC(=O)c2cc(S(=O)(=O)NCc3ccccc3)ccc2C)c1C. The van der Waals surface area contributed by atoms with Crippen molar-refractivity contribution in [1.82, 2.24) is 15.0 Å². The van der Waals surface area contributed by atoms with Crippen LogP contribution in [0.3, 0.4) is 0 Å². The first-order valence-electron chi connectivity index (χ1n) is 10.1. The molecule has 1 heterocycles. The number of aromatic nitrogens is 1. The standard InChI is InChI=1S/C24H27N3O4S/c1-16-10-11-20(32(29,30)27-14-19-8-6-5-7-9-19)12-21(16)24(28)26-15-22-18(3)23(31-4)17(2)13-25-22/h5-13,27H,14-15H2,1-4H3,(H,26,28). The third-order valence-electron chi connectivity index (χ3n) is 5.24. The predicted octanol–water partition coefficient (Wildman–Crippen LogP) is 3.42. The number of carbonyl (C=O) groups excluding carboxylic acids is 1. The summed E-state index contributed by atoms with van der Waals surface area (Å²) < 4.78 is 33.5. The van der Waals surface area contributed by atoms with Crippen LogP contribution in [-0.2, 0) is 23.1 Å². The molecule has 3 aromatic rings. The van der Waals surface area contributed by atoms with Crippen LogP contribution in [0.15, 0.2) is 59.6 Å². The molecule has 0 atom stereocenters. The maximum Gasteiger partial charge on any atom is 0.251 e. The first-order chi connectivity index (χ1) is 15.2. The van der Waals surface area contributed by atoms with Gasteiger partial charge in [-0.3, -0.25) is 9.78 Å². The van der Waals surface area contributed by atoms with Crippen molar-refractivity contribution in [2.24, 2.45) is 0 Å². The Morgan fingerprint density at radius 3 is 2.41 bits per heavy atom. The van der Waals surface area contributed by atoms with Crippen molar-refractivity contribution in [2.75, 3.05) is 7.11 Å². The molecular weight excluding hydrogens is 426 g/mol. The third-order valence-corrected chi connectivity index (χ3v) is 6.64. The molecule has 168 valence electrons. The first-order valence-corrected chi connectivity index (χ1v) is 11.6. The highest BCUT2D eigenvalue weighted by Crippen LogP contribution is 2.24. The molecule has 0 saturated heterocycles. The van der Waals surface area contributed by atoms with Crippen molar-refractivity contribution in [2.45, 2.75) is 38.8 Å². The molecule has 0 aliphatic rings. The summed E-state index contributed by atoms with van der Waals surface area (Å²) in [6.45, 7) is 5.92. The van der Waals surface area contributed by atoms with Gasteiger partial charge in [0, 0.05) is 29.4 Å². The summed E-state index contributed by atoms with van der Waals surface area (Å²) in [5.41, 5.74) is 4.27. The van der Waals surface area contributed by atoms with E-state index in [9.17, 15) is 13.2 Å². The van der Waals surface area contributed by atoms with Gasteiger partial charge in [0.1, 0.15) is 5.75 Å². The van der Waals surface area contributed by atoms with Gasteiger partial charge in [-0.25, -0.2) is 13.1 Å². The third kappa shape index (κ3) is 5.33. The molecule has 8 heteroatoms. The fraction of sp³-hybridized carbons (Fsp3) is 0.250. The van der Waals surface area contributed by atoms with E-state index < -0.39 is 10.0 Å². The number of nitrogens with zero attached hydrogens (tertiary/aromatic N) is 1. The summed E-state index contributed by atoms with van der Waals surface area (Å²) in [7, 11) is -2.18. The number of aryl methyl sites for hydroxylation is 2. The number of methoxy groups -OCH3 is 1. The zero-order chi connectivity index (χ0) is 23.3. The molecule has 0 radical (unpaired) electrons. The minimum Gasteiger partial charge on any atom is -0.496 e. The number of rotatable bonds is 8. The minimum absolute atomic E-state index is 0.0375. The number of hydrogen-bond acceptors (Lipinski definition) is 5. The fourth-order valence-electron chi connectivity index (χ4n) is 3.38. The number of sulfonamides is 1. The van der Waals surface area contributed by atoms with Crippen LogP contribution in [0.2, 0.25) is 0 Å². The molecule has 0 saturated carbocycles. The monoisotopic (exact) mass is 453 g/mol. The lowest BCUT2D eigenvalue weighted by Gasteiger charge is -2.14. The van der Waals surface area contributed by atoms with Gasteiger partial charge in [-0.15, -0.1) is 0 Å². The average Bonchev–Trinajstić information content (AvgIpc) is 2.78. The van der Waals surface area contributed by atoms with E-state index >= 15 is 0 Å². The second-order valence-electron chi connectivity index (χ2n) is 7.52. The normalized spacial score (nSPS) is 11.2. The fourth-order valence-corrected chi connectivity index (χ4v) is 4.42. The highest BCUT2D eigenvalue weighted by atomic mass is 32.2. The number of ether oxygens (including phenoxy) is 1. The van der Waals surface area contributed by atoms with E-state index in [0.29, 0.717) is 16.8 Å². The molecule has 0 bridgehead atoms. The van der Waals surface area contributed by atoms with Crippen LogP contribution in [0.5, 0.6) is 5.75 Å². The second-order valence-corrected chi connectivity index (χ2v) is 9.28. The molecule has 3 rings (SSSR count). The Morgan fingerprint density at radius 2 is 1.72 bits per heavy atom. The molecule has 2 N–H and O–H groups in total. The zero-order valence-corrected chi connectivity index (χ0v) is 19.4. The molecule has 1 aromatic heterocycles. The van der Waals surface area contributed by atoms with Crippen molar-refractivity contribution >= 4 is 15.9 Å². The van der Waals surface area contributed by atoms with E-state index in [0.717, 1.165) is 22.4 Å². The van der Waals surface area contributed by atoms with Gasteiger partial charge in [0.2, 0.25) is 10.0 Å². The lowest BCUT2D eigenvalue weighted by molar-refractivity contribution is 0.0949. The Labute approximate surface area is 188 Å². The molecule has 7 nitrogen and oxygen atoms in total. The molecule has 0 fully saturated rings. The Balaban J connectivity index is 1.76. The predicted molar refractivity (Wildman–Crippen MR) is 123 cm³/mol. The second kappa shape index (κ2) is 9.93. The molecule has 32 heavy (non-hydrogen) atoms. The number of nitrogens with one attached hydrogen (secondary N) is 2. The zero-order valence-electron chi connectivity index (χ0n) is 18.6. The lowest BCUT2D eigenvalue weighted by atomic mass is 10.1. The van der Waals surface area contributed by atoms with Crippen LogP contribution in [0.1, 0.15) is 38.3 Å². The van der Waals surface area contributed by atoms with Crippen molar-refractivity contribution in [3.8, 4) is 5.75 Å². The van der Waals surface area contributed by atoms with E-state index in [2.05, 4.69) is 15.0 Å². The summed E-state index contributed by atoms with van der Waals surface area (Å²) in [5.74, 6) is 0.362. The highest BCUT2D eigenvalue weighted by molar-refractivity contribution is 7.89. The van der Waals surface area contributed by atoms with Crippen LogP contribution in [-0.4, -0.2) is 26.4 Å². The summed E-state index contributed by atoms with van der Waals surface area (Å²) >= 11 is 0. The Bertz CT molecular complexity index is 1230. The summed E-state index contributed by atoms with van der Waals surface area (Å²) in [6, 6.07) is 13.8. The Kier molecular flexibility index (Phi) is 7.27. The van der Waals surface area contributed by atoms with Crippen LogP contribution >= 0.6 is 0 Å². The molecule has 0 aliphatic heterocycles. The van der Waals surface area contributed by atoms with E-state index in [1.54, 1.807) is 26.3 Å². The Hall–Kier alpha value is -3.23. The molecule has 0 unspecified atom stereocenters. The number of hydrogen-bond donors (Lipinski definition) is 2. The van der Waals surface area contributed by atoms with Gasteiger partial charge < -0.3 is 10.1 Å². The Morgan fingerprint density at radius 1 is 1.00 bits per heavy atom. The lowest BCUT2D eigenvalue weighted by Crippen LogP contribution is -2.26. The number of benzene rings is 2. The van der Waals surface area contributed by atoms with E-state index in [4.69, 9.17) is 4.74 Å². The summed E-state index contributed by atoms with van der Waals surface area (Å²) in [5, 5.41) is 2.83. The van der Waals surface area contributed by atoms with Crippen molar-refractivity contribution in [3.63, 3.8) is 0 Å². The van der Waals surface area contributed by atoms with Crippen molar-refractivity contribution in [1.29, 1.82) is 0 Å². The van der Waals surface area contributed by atoms with Gasteiger partial charge in [0.15, 0.2) is 0 Å². The van der Waals surface area contributed by atoms with Crippen molar-refractivity contribution < 1.29 is 17.9 Å².